The molecular weight excluding hydrogens is 388 g/mol. The molecule has 2 aromatic carbocycles. The van der Waals surface area contributed by atoms with E-state index in [4.69, 9.17) is 4.74 Å². The summed E-state index contributed by atoms with van der Waals surface area (Å²) in [5, 5.41) is 13.0. The van der Waals surface area contributed by atoms with E-state index in [2.05, 4.69) is 50.3 Å². The van der Waals surface area contributed by atoms with Crippen molar-refractivity contribution in [2.24, 2.45) is 0 Å². The Balaban J connectivity index is 1.74. The molecule has 4 aromatic rings. The van der Waals surface area contributed by atoms with Crippen molar-refractivity contribution in [1.82, 2.24) is 19.7 Å². The average Bonchev–Trinajstić information content (AvgIpc) is 3.32. The molecule has 0 aliphatic heterocycles. The van der Waals surface area contributed by atoms with Crippen LogP contribution in [0.3, 0.4) is 0 Å². The molecule has 0 N–H and O–H groups in total. The monoisotopic (exact) mass is 408 g/mol. The maximum atomic E-state index is 5.30. The van der Waals surface area contributed by atoms with E-state index in [9.17, 15) is 0 Å². The van der Waals surface area contributed by atoms with Crippen molar-refractivity contribution in [3.63, 3.8) is 0 Å². The maximum absolute atomic E-state index is 5.30. The Labute approximate surface area is 172 Å². The van der Waals surface area contributed by atoms with Crippen molar-refractivity contribution in [3.8, 4) is 22.8 Å². The van der Waals surface area contributed by atoms with Gasteiger partial charge >= 0.3 is 0 Å². The third kappa shape index (κ3) is 3.95. The van der Waals surface area contributed by atoms with Gasteiger partial charge < -0.3 is 4.74 Å². The fraction of sp³-hybridized carbons (Fsp3) is 0.190. The number of aromatic nitrogens is 4. The standard InChI is InChI=1S/C21H20N4OS2/c1-14-5-4-6-16(11-14)20-23-24-21(28-13-17-12-27-15(2)22-17)25(20)18-7-9-19(26-3)10-8-18/h4-12H,13H2,1-3H3. The second kappa shape index (κ2) is 8.16. The van der Waals surface area contributed by atoms with Gasteiger partial charge in [-0.2, -0.15) is 0 Å². The number of hydrogen-bond donors (Lipinski definition) is 0. The van der Waals surface area contributed by atoms with E-state index in [0.717, 1.165) is 44.4 Å². The third-order valence-electron chi connectivity index (χ3n) is 4.26. The van der Waals surface area contributed by atoms with E-state index in [0.29, 0.717) is 0 Å². The van der Waals surface area contributed by atoms with Crippen molar-refractivity contribution in [2.75, 3.05) is 7.11 Å². The lowest BCUT2D eigenvalue weighted by Crippen LogP contribution is -2.00. The highest BCUT2D eigenvalue weighted by atomic mass is 32.2. The van der Waals surface area contributed by atoms with Gasteiger partial charge in [0.1, 0.15) is 5.75 Å². The molecule has 0 bridgehead atoms. The summed E-state index contributed by atoms with van der Waals surface area (Å²) in [6.07, 6.45) is 0. The van der Waals surface area contributed by atoms with Crippen molar-refractivity contribution in [1.29, 1.82) is 0 Å². The highest BCUT2D eigenvalue weighted by Crippen LogP contribution is 2.31. The van der Waals surface area contributed by atoms with Crippen LogP contribution in [0.4, 0.5) is 0 Å². The second-order valence-electron chi connectivity index (χ2n) is 6.36. The molecule has 0 radical (unpaired) electrons. The zero-order valence-electron chi connectivity index (χ0n) is 15.9. The SMILES string of the molecule is COc1ccc(-n2c(SCc3csc(C)n3)nnc2-c2cccc(C)c2)cc1. The van der Waals surface area contributed by atoms with Crippen LogP contribution in [0.2, 0.25) is 0 Å². The van der Waals surface area contributed by atoms with Gasteiger partial charge in [-0.05, 0) is 44.2 Å². The van der Waals surface area contributed by atoms with Crippen LogP contribution >= 0.6 is 23.1 Å². The van der Waals surface area contributed by atoms with Crippen molar-refractivity contribution < 1.29 is 4.74 Å². The highest BCUT2D eigenvalue weighted by Gasteiger charge is 2.17. The zero-order valence-corrected chi connectivity index (χ0v) is 17.5. The first-order chi connectivity index (χ1) is 13.6. The molecule has 0 amide bonds. The summed E-state index contributed by atoms with van der Waals surface area (Å²) >= 11 is 3.31. The number of thioether (sulfide) groups is 1. The Bertz CT molecular complexity index is 1090. The molecular formula is C21H20N4OS2. The Morgan fingerprint density at radius 1 is 1.07 bits per heavy atom. The zero-order chi connectivity index (χ0) is 19.5. The molecule has 2 aromatic heterocycles. The molecule has 0 unspecified atom stereocenters. The molecule has 0 atom stereocenters. The number of aryl methyl sites for hydroxylation is 2. The first kappa shape index (κ1) is 18.7. The van der Waals surface area contributed by atoms with Gasteiger partial charge in [-0.1, -0.05) is 35.5 Å². The lowest BCUT2D eigenvalue weighted by molar-refractivity contribution is 0.414. The quantitative estimate of drug-likeness (QED) is 0.405. The summed E-state index contributed by atoms with van der Waals surface area (Å²) in [5.41, 5.74) is 4.29. The van der Waals surface area contributed by atoms with E-state index in [-0.39, 0.29) is 0 Å². The fourth-order valence-corrected chi connectivity index (χ4v) is 4.47. The van der Waals surface area contributed by atoms with Gasteiger partial charge in [0, 0.05) is 22.4 Å². The van der Waals surface area contributed by atoms with Crippen LogP contribution in [0.1, 0.15) is 16.3 Å². The normalized spacial score (nSPS) is 11.0. The Kier molecular flexibility index (Phi) is 5.45. The molecule has 2 heterocycles. The van der Waals surface area contributed by atoms with E-state index in [1.165, 1.54) is 5.56 Å². The lowest BCUT2D eigenvalue weighted by Gasteiger charge is -2.11. The van der Waals surface area contributed by atoms with Crippen LogP contribution in [0, 0.1) is 13.8 Å². The van der Waals surface area contributed by atoms with Crippen molar-refractivity contribution >= 4 is 23.1 Å². The average molecular weight is 409 g/mol. The number of rotatable bonds is 6. The summed E-state index contributed by atoms with van der Waals surface area (Å²) in [6, 6.07) is 16.3. The molecule has 5 nitrogen and oxygen atoms in total. The predicted molar refractivity (Wildman–Crippen MR) is 114 cm³/mol. The number of methoxy groups -OCH3 is 1. The largest absolute Gasteiger partial charge is 0.497 e. The first-order valence-corrected chi connectivity index (χ1v) is 10.7. The molecule has 28 heavy (non-hydrogen) atoms. The molecule has 7 heteroatoms. The molecule has 0 spiro atoms. The fourth-order valence-electron chi connectivity index (χ4n) is 2.91. The highest BCUT2D eigenvalue weighted by molar-refractivity contribution is 7.98. The van der Waals surface area contributed by atoms with Gasteiger partial charge in [0.15, 0.2) is 11.0 Å². The number of benzene rings is 2. The molecule has 0 aliphatic rings. The minimum absolute atomic E-state index is 0.756. The number of hydrogen-bond acceptors (Lipinski definition) is 6. The van der Waals surface area contributed by atoms with Gasteiger partial charge in [-0.15, -0.1) is 21.5 Å². The van der Waals surface area contributed by atoms with Gasteiger partial charge in [0.05, 0.1) is 17.8 Å². The topological polar surface area (TPSA) is 52.8 Å². The first-order valence-electron chi connectivity index (χ1n) is 8.85. The second-order valence-corrected chi connectivity index (χ2v) is 8.36. The van der Waals surface area contributed by atoms with E-state index in [1.54, 1.807) is 30.2 Å². The summed E-state index contributed by atoms with van der Waals surface area (Å²) in [7, 11) is 1.67. The summed E-state index contributed by atoms with van der Waals surface area (Å²) in [6.45, 7) is 4.10. The maximum Gasteiger partial charge on any atom is 0.196 e. The minimum Gasteiger partial charge on any atom is -0.497 e. The van der Waals surface area contributed by atoms with Gasteiger partial charge in [-0.3, -0.25) is 4.57 Å². The van der Waals surface area contributed by atoms with Crippen molar-refractivity contribution in [2.45, 2.75) is 24.8 Å². The smallest absolute Gasteiger partial charge is 0.196 e. The van der Waals surface area contributed by atoms with Crippen LogP contribution < -0.4 is 4.74 Å². The Morgan fingerprint density at radius 2 is 1.89 bits per heavy atom. The summed E-state index contributed by atoms with van der Waals surface area (Å²) in [4.78, 5) is 4.55. The lowest BCUT2D eigenvalue weighted by atomic mass is 10.1. The number of nitrogens with zero attached hydrogens (tertiary/aromatic N) is 4. The van der Waals surface area contributed by atoms with Crippen LogP contribution in [-0.2, 0) is 5.75 Å². The molecule has 0 saturated heterocycles. The Morgan fingerprint density at radius 3 is 2.57 bits per heavy atom. The van der Waals surface area contributed by atoms with Crippen LogP contribution in [-0.4, -0.2) is 26.9 Å². The number of ether oxygens (including phenoxy) is 1. The van der Waals surface area contributed by atoms with E-state index in [1.807, 2.05) is 37.3 Å². The number of thiazole rings is 1. The van der Waals surface area contributed by atoms with Crippen LogP contribution in [0.25, 0.3) is 17.1 Å². The van der Waals surface area contributed by atoms with Gasteiger partial charge in [-0.25, -0.2) is 4.98 Å². The van der Waals surface area contributed by atoms with Crippen LogP contribution in [0.5, 0.6) is 5.75 Å². The van der Waals surface area contributed by atoms with Crippen LogP contribution in [0.15, 0.2) is 59.1 Å². The molecule has 0 fully saturated rings. The van der Waals surface area contributed by atoms with Crippen molar-refractivity contribution in [3.05, 3.63) is 70.2 Å². The summed E-state index contributed by atoms with van der Waals surface area (Å²) < 4.78 is 7.40. The molecule has 0 saturated carbocycles. The minimum atomic E-state index is 0.756. The Hall–Kier alpha value is -2.64. The molecule has 4 rings (SSSR count). The third-order valence-corrected chi connectivity index (χ3v) is 6.04. The summed E-state index contributed by atoms with van der Waals surface area (Å²) in [5.74, 6) is 2.40. The van der Waals surface area contributed by atoms with Gasteiger partial charge in [0.2, 0.25) is 0 Å². The molecule has 0 aliphatic carbocycles. The predicted octanol–water partition coefficient (Wildman–Crippen LogP) is 5.31. The molecule has 142 valence electrons. The van der Waals surface area contributed by atoms with E-state index >= 15 is 0 Å². The van der Waals surface area contributed by atoms with Gasteiger partial charge in [0.25, 0.3) is 0 Å². The van der Waals surface area contributed by atoms with E-state index < -0.39 is 0 Å².